The number of phosphoric ester groups is 1. The molecule has 2 aromatic heterocycles. The van der Waals surface area contributed by atoms with Crippen molar-refractivity contribution < 1.29 is 70.0 Å². The number of fused-ring (bicyclic) bond motifs is 3. The number of carbonyl (C=O) groups excluding carboxylic acids is 1. The van der Waals surface area contributed by atoms with Gasteiger partial charge in [-0.2, -0.15) is 18.2 Å². The molecule has 0 saturated carbocycles. The molecule has 2 aromatic carbocycles. The minimum atomic E-state index is -5.78. The molecule has 88 heavy (non-hydrogen) atoms. The summed E-state index contributed by atoms with van der Waals surface area (Å²) in [6.07, 6.45) is 14.2. The smallest absolute Gasteiger partial charge is 0.369 e. The summed E-state index contributed by atoms with van der Waals surface area (Å²) in [6.45, 7) is 27.0. The molecule has 1 saturated heterocycles. The zero-order valence-electron chi connectivity index (χ0n) is 52.0. The van der Waals surface area contributed by atoms with E-state index >= 15 is 0 Å². The fourth-order valence-corrected chi connectivity index (χ4v) is 18.1. The number of ether oxygens (including phenoxy) is 3. The topological polar surface area (TPSA) is 288 Å². The van der Waals surface area contributed by atoms with Crippen LogP contribution in [0.4, 0.5) is 17.3 Å². The summed E-state index contributed by atoms with van der Waals surface area (Å²) >= 11 is 0. The molecule has 28 heteroatoms. The highest BCUT2D eigenvalue weighted by molar-refractivity contribution is 8.77. The highest BCUT2D eigenvalue weighted by atomic mass is 33.1. The third-order valence-electron chi connectivity index (χ3n) is 14.9. The molecular formula is C60H84N6O15P3S4+. The molecule has 0 amide bonds. The summed E-state index contributed by atoms with van der Waals surface area (Å²) in [6, 6.07) is 13.5. The van der Waals surface area contributed by atoms with E-state index in [1.165, 1.54) is 71.2 Å². The SMILES string of the molecule is CCN1/C(=C/C=C/C=C/C2=[N+](CCCCCC(=O)CCC(C)(C)SSCOCC#Cc3cn([C@H]4CC(OCSSC(C)(C)C)[C@@H](COP(=O)(O)OP(=O)(O)OP(=O)(O)O)O4)c4nc(N)[nH]c(=O)c34)c3ccc(C)cc3C2(C)C)C(C)(C)c2cc(C)ccc21. The number of likely N-dealkylation sites (N-methyl/N-ethyl adjacent to an activating group) is 1. The number of phosphoric acid groups is 3. The lowest BCUT2D eigenvalue weighted by molar-refractivity contribution is -0.438. The molecule has 5 atom stereocenters. The fourth-order valence-electron chi connectivity index (χ4n) is 10.8. The van der Waals surface area contributed by atoms with E-state index in [4.69, 9.17) is 34.3 Å². The zero-order valence-corrected chi connectivity index (χ0v) is 57.9. The number of unbranched alkanes of at least 4 members (excludes halogenated alkanes) is 2. The number of rotatable bonds is 30. The molecule has 3 aliphatic rings. The lowest BCUT2D eigenvalue weighted by atomic mass is 9.81. The number of aryl methyl sites for hydroxylation is 2. The number of aromatic amines is 1. The van der Waals surface area contributed by atoms with Crippen molar-refractivity contribution in [2.45, 2.75) is 167 Å². The largest absolute Gasteiger partial charge is 0.490 e. The van der Waals surface area contributed by atoms with E-state index in [-0.39, 0.29) is 67.6 Å². The predicted molar refractivity (Wildman–Crippen MR) is 355 cm³/mol. The van der Waals surface area contributed by atoms with Crippen molar-refractivity contribution in [1.82, 2.24) is 14.5 Å². The van der Waals surface area contributed by atoms with E-state index in [9.17, 15) is 33.1 Å². The van der Waals surface area contributed by atoms with Crippen LogP contribution in [0, 0.1) is 25.7 Å². The number of anilines is 2. The molecule has 5 heterocycles. The van der Waals surface area contributed by atoms with E-state index in [2.05, 4.69) is 169 Å². The van der Waals surface area contributed by atoms with Gasteiger partial charge in [-0.1, -0.05) is 137 Å². The van der Waals surface area contributed by atoms with Gasteiger partial charge in [-0.3, -0.25) is 19.1 Å². The Morgan fingerprint density at radius 2 is 1.61 bits per heavy atom. The number of Topliss-reactive ketones (excluding diaryl/α,β-unsaturated/α-hetero) is 1. The Kier molecular flexibility index (Phi) is 24.4. The number of ketones is 1. The maximum absolute atomic E-state index is 13.3. The second-order valence-corrected chi connectivity index (χ2v) is 34.9. The number of hydrogen-bond acceptors (Lipinski definition) is 18. The minimum absolute atomic E-state index is 0.0168. The van der Waals surface area contributed by atoms with Crippen molar-refractivity contribution in [3.63, 3.8) is 0 Å². The normalized spacial score (nSPS) is 20.3. The van der Waals surface area contributed by atoms with Crippen molar-refractivity contribution in [3.8, 4) is 11.8 Å². The molecule has 0 aliphatic carbocycles. The second-order valence-electron chi connectivity index (χ2n) is 24.4. The van der Waals surface area contributed by atoms with Crippen LogP contribution < -0.4 is 16.2 Å². The number of nitrogens with zero attached hydrogens (tertiary/aromatic N) is 4. The van der Waals surface area contributed by atoms with Crippen LogP contribution in [0.15, 0.2) is 83.5 Å². The van der Waals surface area contributed by atoms with Crippen molar-refractivity contribution in [3.05, 3.63) is 117 Å². The lowest BCUT2D eigenvalue weighted by Crippen LogP contribution is -2.29. The summed E-state index contributed by atoms with van der Waals surface area (Å²) in [5.41, 5.74) is 15.8. The van der Waals surface area contributed by atoms with Crippen LogP contribution >= 0.6 is 66.6 Å². The number of nitrogens with two attached hydrogens (primary N) is 1. The Balaban J connectivity index is 0.879. The van der Waals surface area contributed by atoms with Crippen LogP contribution in [0.2, 0.25) is 0 Å². The third kappa shape index (κ3) is 19.4. The van der Waals surface area contributed by atoms with Gasteiger partial charge in [-0.25, -0.2) is 13.7 Å². The Morgan fingerprint density at radius 3 is 2.32 bits per heavy atom. The Labute approximate surface area is 532 Å². The number of hydrogen-bond donors (Lipinski definition) is 6. The van der Waals surface area contributed by atoms with Gasteiger partial charge in [0.15, 0.2) is 11.4 Å². The average Bonchev–Trinajstić information content (AvgIpc) is 1.72. The first-order valence-corrected chi connectivity index (χ1v) is 38.1. The van der Waals surface area contributed by atoms with Crippen LogP contribution in [0.1, 0.15) is 148 Å². The van der Waals surface area contributed by atoms with Gasteiger partial charge in [0.2, 0.25) is 11.6 Å². The van der Waals surface area contributed by atoms with Gasteiger partial charge in [0.1, 0.15) is 43.1 Å². The number of benzene rings is 2. The molecule has 4 aromatic rings. The standard InChI is InChI=1S/C60H83N6O15P3S4/c1-13-64-46-27-25-40(2)33-44(46)59(9,10)50(64)23-17-14-18-24-51-60(11,12)45-34-41(3)26-28-47(45)65(51)31-19-15-16-22-43(67)29-30-58(7,8)88-85-38-76-32-20-21-42-36-66(54-53(42)55(68)63-56(61)62-54)52-35-48(77-39-86-87-57(4,5)6)49(79-52)37-78-83(72,73)81-84(74,75)80-82(69,70)71/h14,17-18,23-28,33-34,36,48-49,52H,13,15-16,19,22,29-32,35,37-39H2,1-12H3,(H6-,61,62,63,68,69,70,71,72,73,74,75)/p+1/t48?,49-,52-/m1/s1. The first-order valence-electron chi connectivity index (χ1n) is 29.0. The number of allylic oxidation sites excluding steroid dienone is 6. The summed E-state index contributed by atoms with van der Waals surface area (Å²) in [7, 11) is -10.8. The quantitative estimate of drug-likeness (QED) is 0.00538. The van der Waals surface area contributed by atoms with E-state index in [1.807, 2.05) is 20.8 Å². The highest BCUT2D eigenvalue weighted by Gasteiger charge is 2.46. The predicted octanol–water partition coefficient (Wildman–Crippen LogP) is 13.4. The summed E-state index contributed by atoms with van der Waals surface area (Å²) in [5.74, 6) is 6.45. The van der Waals surface area contributed by atoms with Crippen molar-refractivity contribution in [2.24, 2.45) is 0 Å². The molecule has 0 radical (unpaired) electrons. The molecule has 0 spiro atoms. The Morgan fingerprint density at radius 1 is 0.909 bits per heavy atom. The van der Waals surface area contributed by atoms with Gasteiger partial charge >= 0.3 is 23.5 Å². The number of H-pyrrole nitrogens is 1. The first kappa shape index (κ1) is 71.7. The molecule has 1 fully saturated rings. The molecule has 0 bridgehead atoms. The van der Waals surface area contributed by atoms with Crippen LogP contribution in [0.3, 0.4) is 0 Å². The number of nitrogens with one attached hydrogen (secondary N) is 1. The monoisotopic (exact) mass is 1350 g/mol. The van der Waals surface area contributed by atoms with Crippen molar-refractivity contribution >= 4 is 106 Å². The van der Waals surface area contributed by atoms with Crippen molar-refractivity contribution in [1.29, 1.82) is 0 Å². The van der Waals surface area contributed by atoms with Crippen LogP contribution in [-0.4, -0.2) is 110 Å². The molecule has 21 nitrogen and oxygen atoms in total. The molecule has 3 unspecified atom stereocenters. The average molecular weight is 1350 g/mol. The van der Waals surface area contributed by atoms with Gasteiger partial charge < -0.3 is 49.0 Å². The van der Waals surface area contributed by atoms with Gasteiger partial charge in [0.25, 0.3) is 5.56 Å². The number of nitrogen functional groups attached to an aromatic ring is 1. The van der Waals surface area contributed by atoms with Gasteiger partial charge in [0, 0.05) is 82.4 Å². The maximum Gasteiger partial charge on any atom is 0.490 e. The molecule has 7 rings (SSSR count). The van der Waals surface area contributed by atoms with E-state index in [0.717, 1.165) is 32.4 Å². The zero-order chi connectivity index (χ0) is 64.6. The summed E-state index contributed by atoms with van der Waals surface area (Å²) in [5, 5.41) is 0.105. The third-order valence-corrected chi connectivity index (χ3v) is 24.8. The van der Waals surface area contributed by atoms with Crippen LogP contribution in [-0.2, 0) is 56.7 Å². The summed E-state index contributed by atoms with van der Waals surface area (Å²) in [4.78, 5) is 73.5. The van der Waals surface area contributed by atoms with Crippen LogP contribution in [0.25, 0.3) is 11.0 Å². The molecular weight excluding hydrogens is 1270 g/mol. The van der Waals surface area contributed by atoms with E-state index in [0.29, 0.717) is 25.2 Å². The first-order chi connectivity index (χ1) is 41.1. The van der Waals surface area contributed by atoms with Gasteiger partial charge in [0.05, 0.1) is 29.1 Å². The van der Waals surface area contributed by atoms with Gasteiger partial charge in [-0.15, -0.1) is 0 Å². The summed E-state index contributed by atoms with van der Waals surface area (Å²) < 4.78 is 70.2. The van der Waals surface area contributed by atoms with E-state index < -0.39 is 54.1 Å². The molecule has 3 aliphatic heterocycles. The maximum atomic E-state index is 13.3. The van der Waals surface area contributed by atoms with Crippen molar-refractivity contribution in [2.75, 3.05) is 48.8 Å². The number of carbonyl (C=O) groups is 1. The molecule has 482 valence electrons. The van der Waals surface area contributed by atoms with E-state index in [1.54, 1.807) is 27.8 Å². The lowest BCUT2D eigenvalue weighted by Gasteiger charge is -2.25. The number of aromatic nitrogens is 3. The highest BCUT2D eigenvalue weighted by Crippen LogP contribution is 2.66. The van der Waals surface area contributed by atoms with Gasteiger partial charge in [-0.05, 0) is 91.5 Å². The molecule has 7 N–H and O–H groups in total. The Bertz CT molecular complexity index is 3600. The van der Waals surface area contributed by atoms with Crippen LogP contribution in [0.5, 0.6) is 0 Å². The fraction of sp³-hybridized carbons (Fsp3) is 0.533. The Hall–Kier alpha value is -3.73. The second kappa shape index (κ2) is 29.9. The minimum Gasteiger partial charge on any atom is -0.369 e.